The zero-order valence-electron chi connectivity index (χ0n) is 27.8. The maximum absolute atomic E-state index is 12.5. The number of carbonyl (C=O) groups is 5. The van der Waals surface area contributed by atoms with Gasteiger partial charge in [-0.05, 0) is 58.8 Å². The van der Waals surface area contributed by atoms with Crippen LogP contribution in [0.25, 0.3) is 0 Å². The smallest absolute Gasteiger partial charge is 0.326 e. The molecule has 0 aromatic heterocycles. The molecular formula is C32H57N3O8. The number of carboxylic acids is 1. The third-order valence-electron chi connectivity index (χ3n) is 8.40. The van der Waals surface area contributed by atoms with Gasteiger partial charge < -0.3 is 25.2 Å². The van der Waals surface area contributed by atoms with Gasteiger partial charge in [0.15, 0.2) is 0 Å². The second kappa shape index (κ2) is 18.3. The molecule has 1 aliphatic rings. The van der Waals surface area contributed by atoms with Crippen molar-refractivity contribution in [2.45, 2.75) is 130 Å². The molecule has 1 saturated heterocycles. The van der Waals surface area contributed by atoms with Gasteiger partial charge in [-0.15, -0.1) is 0 Å². The number of aliphatic carboxylic acids is 1. The van der Waals surface area contributed by atoms with Crippen LogP contribution in [-0.2, 0) is 33.4 Å². The normalized spacial score (nSPS) is 18.0. The number of likely N-dealkylation sites (tertiary alicyclic amines) is 1. The summed E-state index contributed by atoms with van der Waals surface area (Å²) in [5.41, 5.74) is -1.10. The molecule has 0 aromatic rings. The van der Waals surface area contributed by atoms with Crippen molar-refractivity contribution in [2.24, 2.45) is 17.8 Å². The topological polar surface area (TPSA) is 151 Å². The Morgan fingerprint density at radius 3 is 2.21 bits per heavy atom. The number of hydrogen-bond donors (Lipinski definition) is 3. The Morgan fingerprint density at radius 2 is 1.60 bits per heavy atom. The summed E-state index contributed by atoms with van der Waals surface area (Å²) in [7, 11) is 0. The molecule has 0 aliphatic carbocycles. The van der Waals surface area contributed by atoms with Crippen LogP contribution in [0.3, 0.4) is 0 Å². The van der Waals surface area contributed by atoms with E-state index in [1.165, 1.54) is 4.90 Å². The van der Waals surface area contributed by atoms with E-state index in [2.05, 4.69) is 10.6 Å². The number of unbranched alkanes of at least 4 members (excludes halogenated alkanes) is 1. The summed E-state index contributed by atoms with van der Waals surface area (Å²) in [4.78, 5) is 62.4. The van der Waals surface area contributed by atoms with Crippen molar-refractivity contribution in [1.82, 2.24) is 15.5 Å². The lowest BCUT2D eigenvalue weighted by Gasteiger charge is -2.30. The van der Waals surface area contributed by atoms with Crippen LogP contribution in [0.15, 0.2) is 0 Å². The second-order valence-corrected chi connectivity index (χ2v) is 13.1. The lowest BCUT2D eigenvalue weighted by Crippen LogP contribution is -2.45. The van der Waals surface area contributed by atoms with Gasteiger partial charge in [0.25, 0.3) is 0 Å². The van der Waals surface area contributed by atoms with Crippen LogP contribution in [0.5, 0.6) is 0 Å². The number of amides is 4. The van der Waals surface area contributed by atoms with Gasteiger partial charge in [0.2, 0.25) is 23.6 Å². The SMILES string of the molecule is CCCCC(C)C(NC(=O)CCC(C)(C)OCCC(C)(C)OCCNC(=O)CCN1C(=O)CC(C(C)CC)C1=O)C(=O)O. The van der Waals surface area contributed by atoms with Gasteiger partial charge >= 0.3 is 5.97 Å². The van der Waals surface area contributed by atoms with Gasteiger partial charge in [-0.1, -0.05) is 47.0 Å². The predicted molar refractivity (Wildman–Crippen MR) is 164 cm³/mol. The monoisotopic (exact) mass is 611 g/mol. The average Bonchev–Trinajstić information content (AvgIpc) is 3.22. The Balaban J connectivity index is 2.32. The number of nitrogens with one attached hydrogen (secondary N) is 2. The molecule has 11 heteroatoms. The van der Waals surface area contributed by atoms with Crippen molar-refractivity contribution in [3.05, 3.63) is 0 Å². The minimum Gasteiger partial charge on any atom is -0.480 e. The van der Waals surface area contributed by atoms with Crippen LogP contribution in [0.1, 0.15) is 113 Å². The average molecular weight is 612 g/mol. The Morgan fingerprint density at radius 1 is 0.977 bits per heavy atom. The fraction of sp³-hybridized carbons (Fsp3) is 0.844. The molecule has 4 unspecified atom stereocenters. The highest BCUT2D eigenvalue weighted by Gasteiger charge is 2.40. The number of ether oxygens (including phenoxy) is 2. The quantitative estimate of drug-likeness (QED) is 0.122. The van der Waals surface area contributed by atoms with E-state index >= 15 is 0 Å². The Kier molecular flexibility index (Phi) is 16.4. The van der Waals surface area contributed by atoms with Crippen LogP contribution < -0.4 is 10.6 Å². The Bertz CT molecular complexity index is 936. The highest BCUT2D eigenvalue weighted by Crippen LogP contribution is 2.28. The summed E-state index contributed by atoms with van der Waals surface area (Å²) in [6.45, 7) is 16.6. The third kappa shape index (κ3) is 14.2. The van der Waals surface area contributed by atoms with Crippen molar-refractivity contribution >= 4 is 29.6 Å². The molecule has 1 aliphatic heterocycles. The molecule has 3 N–H and O–H groups in total. The molecule has 4 amide bonds. The van der Waals surface area contributed by atoms with E-state index in [4.69, 9.17) is 9.47 Å². The molecule has 0 radical (unpaired) electrons. The van der Waals surface area contributed by atoms with Gasteiger partial charge in [-0.25, -0.2) is 4.79 Å². The van der Waals surface area contributed by atoms with Crippen LogP contribution >= 0.6 is 0 Å². The first-order chi connectivity index (χ1) is 20.0. The van der Waals surface area contributed by atoms with Crippen LogP contribution in [0, 0.1) is 17.8 Å². The van der Waals surface area contributed by atoms with Crippen LogP contribution in [0.4, 0.5) is 0 Å². The number of nitrogens with zero attached hydrogens (tertiary/aromatic N) is 1. The summed E-state index contributed by atoms with van der Waals surface area (Å²) in [5, 5.41) is 15.0. The Labute approximate surface area is 258 Å². The van der Waals surface area contributed by atoms with E-state index in [0.29, 0.717) is 32.6 Å². The summed E-state index contributed by atoms with van der Waals surface area (Å²) < 4.78 is 12.0. The molecule has 1 heterocycles. The number of carboxylic acid groups (broad SMARTS) is 1. The van der Waals surface area contributed by atoms with E-state index < -0.39 is 23.2 Å². The maximum Gasteiger partial charge on any atom is 0.326 e. The van der Waals surface area contributed by atoms with E-state index in [0.717, 1.165) is 25.7 Å². The highest BCUT2D eigenvalue weighted by molar-refractivity contribution is 6.03. The van der Waals surface area contributed by atoms with Crippen molar-refractivity contribution in [2.75, 3.05) is 26.3 Å². The summed E-state index contributed by atoms with van der Waals surface area (Å²) >= 11 is 0. The molecular weight excluding hydrogens is 554 g/mol. The minimum atomic E-state index is -1.01. The van der Waals surface area contributed by atoms with E-state index in [9.17, 15) is 29.1 Å². The van der Waals surface area contributed by atoms with Crippen molar-refractivity contribution in [3.63, 3.8) is 0 Å². The maximum atomic E-state index is 12.5. The van der Waals surface area contributed by atoms with E-state index in [-0.39, 0.29) is 67.2 Å². The molecule has 248 valence electrons. The van der Waals surface area contributed by atoms with E-state index in [1.807, 2.05) is 55.4 Å². The van der Waals surface area contributed by atoms with Gasteiger partial charge in [0, 0.05) is 38.3 Å². The zero-order valence-corrected chi connectivity index (χ0v) is 27.8. The van der Waals surface area contributed by atoms with Gasteiger partial charge in [0.05, 0.1) is 24.4 Å². The summed E-state index contributed by atoms with van der Waals surface area (Å²) in [6, 6.07) is -0.897. The van der Waals surface area contributed by atoms with Crippen molar-refractivity contribution in [3.8, 4) is 0 Å². The molecule has 1 fully saturated rings. The first kappa shape index (κ1) is 38.5. The van der Waals surface area contributed by atoms with Crippen LogP contribution in [-0.4, -0.2) is 83.2 Å². The molecule has 11 nitrogen and oxygen atoms in total. The van der Waals surface area contributed by atoms with Crippen molar-refractivity contribution < 1.29 is 38.6 Å². The highest BCUT2D eigenvalue weighted by atomic mass is 16.5. The zero-order chi connectivity index (χ0) is 32.8. The largest absolute Gasteiger partial charge is 0.480 e. The standard InChI is InChI=1S/C32H57N3O8/c1-9-11-12-23(4)28(30(40)41)34-26(37)13-15-31(5,6)42-19-16-32(7,8)43-20-17-33-25(36)14-18-35-27(38)21-24(29(35)39)22(3)10-2/h22-24,28H,9-21H2,1-8H3,(H,33,36)(H,34,37)(H,40,41). The number of hydrogen-bond acceptors (Lipinski definition) is 7. The molecule has 1 rings (SSSR count). The lowest BCUT2D eigenvalue weighted by molar-refractivity contribution is -0.143. The Hall–Kier alpha value is -2.53. The number of carbonyl (C=O) groups excluding carboxylic acids is 4. The molecule has 0 bridgehead atoms. The fourth-order valence-electron chi connectivity index (χ4n) is 5.01. The first-order valence-electron chi connectivity index (χ1n) is 15.9. The van der Waals surface area contributed by atoms with Crippen LogP contribution in [0.2, 0.25) is 0 Å². The molecule has 0 aromatic carbocycles. The van der Waals surface area contributed by atoms with Gasteiger partial charge in [-0.3, -0.25) is 24.1 Å². The van der Waals surface area contributed by atoms with Gasteiger partial charge in [-0.2, -0.15) is 0 Å². The minimum absolute atomic E-state index is 0.0594. The molecule has 43 heavy (non-hydrogen) atoms. The van der Waals surface area contributed by atoms with E-state index in [1.54, 1.807) is 0 Å². The molecule has 0 spiro atoms. The van der Waals surface area contributed by atoms with Crippen molar-refractivity contribution in [1.29, 1.82) is 0 Å². The summed E-state index contributed by atoms with van der Waals surface area (Å²) in [6.07, 6.45) is 4.93. The lowest BCUT2D eigenvalue weighted by atomic mass is 9.90. The fourth-order valence-corrected chi connectivity index (χ4v) is 5.01. The third-order valence-corrected chi connectivity index (χ3v) is 8.40. The molecule has 0 saturated carbocycles. The van der Waals surface area contributed by atoms with Gasteiger partial charge in [0.1, 0.15) is 6.04 Å². The number of rotatable bonds is 22. The first-order valence-corrected chi connectivity index (χ1v) is 15.9. The molecule has 4 atom stereocenters. The second-order valence-electron chi connectivity index (χ2n) is 13.1. The predicted octanol–water partition coefficient (Wildman–Crippen LogP) is 4.07. The summed E-state index contributed by atoms with van der Waals surface area (Å²) in [5.74, 6) is -2.23. The number of imide groups is 1.